The summed E-state index contributed by atoms with van der Waals surface area (Å²) in [6.45, 7) is 8.24. The first-order valence-electron chi connectivity index (χ1n) is 14.4. The molecule has 13 atom stereocenters. The molecule has 0 amide bonds. The maximum absolute atomic E-state index is 14.6. The molecule has 218 valence electrons. The number of rotatable bonds is 5. The predicted octanol–water partition coefficient (Wildman–Crippen LogP) is 4.85. The minimum Gasteiger partial charge on any atom is -0.460 e. The van der Waals surface area contributed by atoms with Gasteiger partial charge in [-0.2, -0.15) is 13.2 Å². The number of carbonyl (C=O) groups excluding carboxylic acids is 3. The molecule has 6 rings (SSSR count). The van der Waals surface area contributed by atoms with Gasteiger partial charge in [-0.25, -0.2) is 0 Å². The number of alkyl halides is 3. The number of hydrogen-bond donors (Lipinski definition) is 0. The second-order valence-electron chi connectivity index (χ2n) is 14.4. The van der Waals surface area contributed by atoms with Crippen LogP contribution in [0.4, 0.5) is 13.2 Å². The van der Waals surface area contributed by atoms with Crippen LogP contribution in [0.2, 0.25) is 0 Å². The van der Waals surface area contributed by atoms with Crippen LogP contribution < -0.4 is 0 Å². The zero-order chi connectivity index (χ0) is 28.2. The van der Waals surface area contributed by atoms with Gasteiger partial charge < -0.3 is 18.9 Å². The Morgan fingerprint density at radius 3 is 2.28 bits per heavy atom. The first-order valence-corrected chi connectivity index (χ1v) is 14.4. The van der Waals surface area contributed by atoms with Crippen molar-refractivity contribution in [3.8, 4) is 0 Å². The number of carbonyl (C=O) groups is 3. The van der Waals surface area contributed by atoms with Gasteiger partial charge >= 0.3 is 24.1 Å². The van der Waals surface area contributed by atoms with Gasteiger partial charge in [0.2, 0.25) is 0 Å². The van der Waals surface area contributed by atoms with Gasteiger partial charge in [-0.05, 0) is 89.9 Å². The van der Waals surface area contributed by atoms with E-state index >= 15 is 0 Å². The standard InChI is InChI=1S/C29H39F3O7/c1-12-6-15-13-7-16(19(8-13)25(34)39-27(2,3)4)22(15)36-20(12)11-28(5,29(30,31)32)26(35)38-21-14-9-17-18(10-14)24(33)37-23(17)21/h12-23H,6-11H2,1-5H3. The second-order valence-corrected chi connectivity index (χ2v) is 14.4. The number of fused-ring (bicyclic) bond motifs is 6. The molecule has 6 fully saturated rings. The summed E-state index contributed by atoms with van der Waals surface area (Å²) in [4.78, 5) is 38.3. The van der Waals surface area contributed by atoms with Crippen molar-refractivity contribution in [1.29, 1.82) is 0 Å². The van der Waals surface area contributed by atoms with Gasteiger partial charge in [-0.1, -0.05) is 6.92 Å². The van der Waals surface area contributed by atoms with Gasteiger partial charge in [0.25, 0.3) is 0 Å². The van der Waals surface area contributed by atoms with Gasteiger partial charge in [0.15, 0.2) is 5.41 Å². The molecule has 10 heteroatoms. The molecule has 2 heterocycles. The summed E-state index contributed by atoms with van der Waals surface area (Å²) in [7, 11) is 0. The lowest BCUT2D eigenvalue weighted by molar-refractivity contribution is -0.251. The second kappa shape index (κ2) is 8.83. The molecule has 4 bridgehead atoms. The van der Waals surface area contributed by atoms with Crippen LogP contribution in [0.25, 0.3) is 0 Å². The molecule has 0 N–H and O–H groups in total. The van der Waals surface area contributed by atoms with E-state index in [4.69, 9.17) is 18.9 Å². The third-order valence-electron chi connectivity index (χ3n) is 10.8. The Morgan fingerprint density at radius 1 is 0.923 bits per heavy atom. The van der Waals surface area contributed by atoms with Gasteiger partial charge in [0.1, 0.15) is 17.8 Å². The third kappa shape index (κ3) is 4.29. The topological polar surface area (TPSA) is 88.1 Å². The number of esters is 3. The zero-order valence-electron chi connectivity index (χ0n) is 23.2. The van der Waals surface area contributed by atoms with Gasteiger partial charge in [0, 0.05) is 11.8 Å². The molecular formula is C29H39F3O7. The monoisotopic (exact) mass is 556 g/mol. The molecule has 0 aromatic rings. The van der Waals surface area contributed by atoms with Crippen molar-refractivity contribution >= 4 is 17.9 Å². The van der Waals surface area contributed by atoms with E-state index in [1.54, 1.807) is 0 Å². The summed E-state index contributed by atoms with van der Waals surface area (Å²) in [6, 6.07) is 0. The van der Waals surface area contributed by atoms with Crippen LogP contribution in [0.1, 0.15) is 73.1 Å². The summed E-state index contributed by atoms with van der Waals surface area (Å²) in [6.07, 6.45) is -4.66. The van der Waals surface area contributed by atoms with E-state index < -0.39 is 47.9 Å². The molecular weight excluding hydrogens is 517 g/mol. The lowest BCUT2D eigenvalue weighted by Crippen LogP contribution is -2.53. The van der Waals surface area contributed by atoms with Crippen molar-refractivity contribution in [3.63, 3.8) is 0 Å². The largest absolute Gasteiger partial charge is 0.460 e. The molecule has 0 aromatic heterocycles. The van der Waals surface area contributed by atoms with E-state index in [2.05, 4.69) is 0 Å². The molecule has 4 aliphatic carbocycles. The number of ether oxygens (including phenoxy) is 4. The molecule has 4 saturated carbocycles. The fourth-order valence-electron chi connectivity index (χ4n) is 8.79. The summed E-state index contributed by atoms with van der Waals surface area (Å²) in [5.74, 6) is -2.49. The summed E-state index contributed by atoms with van der Waals surface area (Å²) in [5, 5.41) is 0. The predicted molar refractivity (Wildman–Crippen MR) is 130 cm³/mol. The molecule has 13 unspecified atom stereocenters. The van der Waals surface area contributed by atoms with E-state index in [0.717, 1.165) is 19.8 Å². The summed E-state index contributed by atoms with van der Waals surface area (Å²) < 4.78 is 66.8. The van der Waals surface area contributed by atoms with E-state index in [0.29, 0.717) is 19.3 Å². The van der Waals surface area contributed by atoms with Crippen LogP contribution in [-0.2, 0) is 33.3 Å². The van der Waals surface area contributed by atoms with Gasteiger partial charge in [0.05, 0.1) is 24.0 Å². The lowest BCUT2D eigenvalue weighted by Gasteiger charge is -2.46. The van der Waals surface area contributed by atoms with Crippen molar-refractivity contribution < 1.29 is 46.5 Å². The minimum absolute atomic E-state index is 0.0771. The zero-order valence-corrected chi connectivity index (χ0v) is 23.2. The average Bonchev–Trinajstić information content (AvgIpc) is 3.59. The third-order valence-corrected chi connectivity index (χ3v) is 10.8. The fraction of sp³-hybridized carbons (Fsp3) is 0.897. The lowest BCUT2D eigenvalue weighted by atomic mass is 9.71. The first-order chi connectivity index (χ1) is 18.1. The van der Waals surface area contributed by atoms with E-state index in [1.165, 1.54) is 0 Å². The van der Waals surface area contributed by atoms with Crippen molar-refractivity contribution in [2.45, 2.75) is 109 Å². The van der Waals surface area contributed by atoms with Crippen LogP contribution in [0.3, 0.4) is 0 Å². The van der Waals surface area contributed by atoms with Crippen molar-refractivity contribution in [3.05, 3.63) is 0 Å². The molecule has 0 aromatic carbocycles. The van der Waals surface area contributed by atoms with Crippen LogP contribution >= 0.6 is 0 Å². The van der Waals surface area contributed by atoms with Crippen LogP contribution in [0.15, 0.2) is 0 Å². The fourth-order valence-corrected chi connectivity index (χ4v) is 8.79. The Hall–Kier alpha value is -1.84. The highest BCUT2D eigenvalue weighted by molar-refractivity contribution is 5.79. The Kier molecular flexibility index (Phi) is 6.19. The van der Waals surface area contributed by atoms with E-state index in [9.17, 15) is 27.6 Å². The highest BCUT2D eigenvalue weighted by atomic mass is 19.4. The normalized spacial score (nSPS) is 45.6. The Labute approximate surface area is 226 Å². The summed E-state index contributed by atoms with van der Waals surface area (Å²) in [5.41, 5.74) is -3.39. The number of hydrogen-bond acceptors (Lipinski definition) is 7. The molecule has 0 spiro atoms. The van der Waals surface area contributed by atoms with Crippen LogP contribution in [-0.4, -0.2) is 54.1 Å². The SMILES string of the molecule is CC1CC2C3CC(C(=O)OC(C)(C)C)C(C3)C2OC1CC(C)(C(=O)OC1C2CC3C(=O)OC1C3C2)C(F)(F)F. The molecule has 2 saturated heterocycles. The Balaban J connectivity index is 1.17. The first kappa shape index (κ1) is 27.3. The van der Waals surface area contributed by atoms with Gasteiger partial charge in [-0.15, -0.1) is 0 Å². The molecule has 6 aliphatic rings. The van der Waals surface area contributed by atoms with Crippen LogP contribution in [0, 0.1) is 52.8 Å². The Bertz CT molecular complexity index is 1050. The average molecular weight is 557 g/mol. The van der Waals surface area contributed by atoms with Crippen molar-refractivity contribution in [2.75, 3.05) is 0 Å². The van der Waals surface area contributed by atoms with Crippen molar-refractivity contribution in [1.82, 2.24) is 0 Å². The molecule has 7 nitrogen and oxygen atoms in total. The minimum atomic E-state index is -4.86. The number of halogens is 3. The van der Waals surface area contributed by atoms with E-state index in [-0.39, 0.29) is 65.4 Å². The van der Waals surface area contributed by atoms with Gasteiger partial charge in [-0.3, -0.25) is 14.4 Å². The quantitative estimate of drug-likeness (QED) is 0.354. The maximum atomic E-state index is 14.6. The summed E-state index contributed by atoms with van der Waals surface area (Å²) >= 11 is 0. The highest BCUT2D eigenvalue weighted by Crippen LogP contribution is 2.59. The van der Waals surface area contributed by atoms with E-state index in [1.807, 2.05) is 27.7 Å². The van der Waals surface area contributed by atoms with Crippen LogP contribution in [0.5, 0.6) is 0 Å². The molecule has 39 heavy (non-hydrogen) atoms. The molecule has 0 radical (unpaired) electrons. The highest BCUT2D eigenvalue weighted by Gasteiger charge is 2.66. The smallest absolute Gasteiger partial charge is 0.404 e. The Morgan fingerprint density at radius 2 is 1.62 bits per heavy atom. The maximum Gasteiger partial charge on any atom is 0.404 e. The van der Waals surface area contributed by atoms with Crippen molar-refractivity contribution in [2.24, 2.45) is 52.8 Å². The molecule has 2 aliphatic heterocycles.